The lowest BCUT2D eigenvalue weighted by Gasteiger charge is -2.10. The highest BCUT2D eigenvalue weighted by Crippen LogP contribution is 2.13. The summed E-state index contributed by atoms with van der Waals surface area (Å²) in [7, 11) is 0. The van der Waals surface area contributed by atoms with Gasteiger partial charge in [0.2, 0.25) is 0 Å². The van der Waals surface area contributed by atoms with E-state index in [9.17, 15) is 4.79 Å². The largest absolute Gasteiger partial charge is 0.330 e. The molecule has 0 saturated carbocycles. The monoisotopic (exact) mass is 392 g/mol. The zero-order chi connectivity index (χ0) is 20.9. The Morgan fingerprint density at radius 2 is 1.67 bits per heavy atom. The second kappa shape index (κ2) is 8.26. The van der Waals surface area contributed by atoms with E-state index in [1.165, 1.54) is 10.8 Å². The van der Waals surface area contributed by atoms with E-state index in [1.807, 2.05) is 28.8 Å². The van der Waals surface area contributed by atoms with Gasteiger partial charge >= 0.3 is 0 Å². The molecule has 3 heterocycles. The van der Waals surface area contributed by atoms with Crippen molar-refractivity contribution in [2.75, 3.05) is 0 Å². The second-order valence-electron chi connectivity index (χ2n) is 6.79. The van der Waals surface area contributed by atoms with Gasteiger partial charge in [-0.25, -0.2) is 4.98 Å². The van der Waals surface area contributed by atoms with Gasteiger partial charge in [-0.1, -0.05) is 12.1 Å². The summed E-state index contributed by atoms with van der Waals surface area (Å²) in [6.07, 6.45) is 8.91. The van der Waals surface area contributed by atoms with Crippen LogP contribution in [0.1, 0.15) is 27.9 Å². The Bertz CT molecular complexity index is 1340. The van der Waals surface area contributed by atoms with Gasteiger partial charge in [-0.05, 0) is 35.4 Å². The van der Waals surface area contributed by atoms with Crippen LogP contribution in [0, 0.1) is 22.7 Å². The third kappa shape index (κ3) is 4.01. The fourth-order valence-electron chi connectivity index (χ4n) is 3.19. The van der Waals surface area contributed by atoms with Crippen molar-refractivity contribution in [3.05, 3.63) is 112 Å². The number of aromatic nitrogens is 4. The van der Waals surface area contributed by atoms with Crippen LogP contribution in [0.15, 0.2) is 78.4 Å². The summed E-state index contributed by atoms with van der Waals surface area (Å²) in [6, 6.07) is 16.7. The molecule has 0 N–H and O–H groups in total. The number of rotatable bonds is 5. The first-order valence-electron chi connectivity index (χ1n) is 9.21. The minimum atomic E-state index is -0.196. The summed E-state index contributed by atoms with van der Waals surface area (Å²) in [5.41, 5.74) is 4.32. The number of benzene rings is 1. The summed E-state index contributed by atoms with van der Waals surface area (Å²) in [4.78, 5) is 20.9. The van der Waals surface area contributed by atoms with Gasteiger partial charge in [-0.15, -0.1) is 0 Å². The number of imidazole rings is 1. The van der Waals surface area contributed by atoms with Crippen LogP contribution in [-0.2, 0) is 13.0 Å². The smallest absolute Gasteiger partial charge is 0.255 e. The highest BCUT2D eigenvalue weighted by molar-refractivity contribution is 5.38. The van der Waals surface area contributed by atoms with Crippen molar-refractivity contribution < 1.29 is 0 Å². The predicted octanol–water partition coefficient (Wildman–Crippen LogP) is 2.81. The summed E-state index contributed by atoms with van der Waals surface area (Å²) in [5, 5.41) is 17.9. The highest BCUT2D eigenvalue weighted by atomic mass is 16.1. The molecule has 30 heavy (non-hydrogen) atoms. The zero-order valence-corrected chi connectivity index (χ0v) is 15.9. The van der Waals surface area contributed by atoms with Gasteiger partial charge in [0.15, 0.2) is 0 Å². The highest BCUT2D eigenvalue weighted by Gasteiger charge is 2.07. The SMILES string of the molecule is N#Cc1ccc(Cc2cncn2Cc2ccn(-c3cncc(C#N)c3)c(=O)c2)cc1. The van der Waals surface area contributed by atoms with E-state index >= 15 is 0 Å². The number of nitriles is 2. The van der Waals surface area contributed by atoms with Crippen molar-refractivity contribution in [2.24, 2.45) is 0 Å². The quantitative estimate of drug-likeness (QED) is 0.520. The zero-order valence-electron chi connectivity index (χ0n) is 15.9. The van der Waals surface area contributed by atoms with Crippen molar-refractivity contribution >= 4 is 0 Å². The average molecular weight is 392 g/mol. The first-order valence-corrected chi connectivity index (χ1v) is 9.21. The second-order valence-corrected chi connectivity index (χ2v) is 6.79. The van der Waals surface area contributed by atoms with Crippen LogP contribution in [0.4, 0.5) is 0 Å². The van der Waals surface area contributed by atoms with Crippen molar-refractivity contribution in [1.29, 1.82) is 10.5 Å². The molecule has 0 saturated heterocycles. The van der Waals surface area contributed by atoms with E-state index in [1.54, 1.807) is 49.2 Å². The Morgan fingerprint density at radius 3 is 2.40 bits per heavy atom. The van der Waals surface area contributed by atoms with Crippen LogP contribution in [0.25, 0.3) is 5.69 Å². The van der Waals surface area contributed by atoms with E-state index < -0.39 is 0 Å². The van der Waals surface area contributed by atoms with E-state index in [0.717, 1.165) is 16.8 Å². The maximum absolute atomic E-state index is 12.6. The minimum absolute atomic E-state index is 0.196. The molecular weight excluding hydrogens is 376 g/mol. The summed E-state index contributed by atoms with van der Waals surface area (Å²) in [6.45, 7) is 0.512. The van der Waals surface area contributed by atoms with Crippen molar-refractivity contribution in [1.82, 2.24) is 19.1 Å². The Balaban J connectivity index is 1.55. The van der Waals surface area contributed by atoms with Gasteiger partial charge in [0.1, 0.15) is 6.07 Å². The van der Waals surface area contributed by atoms with Gasteiger partial charge < -0.3 is 4.57 Å². The fraction of sp³-hybridized carbons (Fsp3) is 0.0870. The van der Waals surface area contributed by atoms with Crippen LogP contribution < -0.4 is 5.56 Å². The molecule has 0 atom stereocenters. The van der Waals surface area contributed by atoms with Crippen LogP contribution >= 0.6 is 0 Å². The molecule has 0 aliphatic carbocycles. The lowest BCUT2D eigenvalue weighted by molar-refractivity contribution is 0.749. The van der Waals surface area contributed by atoms with Crippen LogP contribution in [0.3, 0.4) is 0 Å². The third-order valence-corrected chi connectivity index (χ3v) is 4.73. The van der Waals surface area contributed by atoms with Crippen molar-refractivity contribution in [3.8, 4) is 17.8 Å². The molecule has 4 aromatic rings. The Kier molecular flexibility index (Phi) is 5.19. The molecule has 0 radical (unpaired) electrons. The molecule has 144 valence electrons. The molecule has 0 fully saturated rings. The minimum Gasteiger partial charge on any atom is -0.330 e. The molecule has 7 nitrogen and oxygen atoms in total. The van der Waals surface area contributed by atoms with Gasteiger partial charge in [-0.3, -0.25) is 14.3 Å². The summed E-state index contributed by atoms with van der Waals surface area (Å²) in [5.74, 6) is 0. The average Bonchev–Trinajstić information content (AvgIpc) is 3.21. The molecule has 1 aromatic carbocycles. The standard InChI is InChI=1S/C23H16N6O/c24-10-18-3-1-17(2-4-18)7-21-13-27-16-28(21)15-19-5-6-29(23(30)9-19)22-8-20(11-25)12-26-14-22/h1-6,8-9,12-14,16H,7,15H2. The lowest BCUT2D eigenvalue weighted by atomic mass is 10.1. The molecule has 4 rings (SSSR count). The molecule has 0 unspecified atom stereocenters. The van der Waals surface area contributed by atoms with Crippen LogP contribution in [0.2, 0.25) is 0 Å². The van der Waals surface area contributed by atoms with E-state index in [-0.39, 0.29) is 5.56 Å². The first-order chi connectivity index (χ1) is 14.7. The van der Waals surface area contributed by atoms with E-state index in [2.05, 4.69) is 16.0 Å². The number of hydrogen-bond acceptors (Lipinski definition) is 5. The third-order valence-electron chi connectivity index (χ3n) is 4.73. The number of nitrogens with zero attached hydrogens (tertiary/aromatic N) is 6. The topological polar surface area (TPSA) is 100 Å². The maximum Gasteiger partial charge on any atom is 0.255 e. The first kappa shape index (κ1) is 18.9. The molecule has 3 aromatic heterocycles. The van der Waals surface area contributed by atoms with Crippen molar-refractivity contribution in [2.45, 2.75) is 13.0 Å². The Labute approximate surface area is 172 Å². The van der Waals surface area contributed by atoms with Crippen molar-refractivity contribution in [3.63, 3.8) is 0 Å². The predicted molar refractivity (Wildman–Crippen MR) is 110 cm³/mol. The summed E-state index contributed by atoms with van der Waals surface area (Å²) >= 11 is 0. The van der Waals surface area contributed by atoms with Gasteiger partial charge in [0.05, 0.1) is 35.4 Å². The van der Waals surface area contributed by atoms with Gasteiger partial charge in [0.25, 0.3) is 5.56 Å². The van der Waals surface area contributed by atoms with E-state index in [0.29, 0.717) is 29.8 Å². The van der Waals surface area contributed by atoms with Gasteiger partial charge in [-0.2, -0.15) is 10.5 Å². The number of hydrogen-bond donors (Lipinski definition) is 0. The fourth-order valence-corrected chi connectivity index (χ4v) is 3.19. The maximum atomic E-state index is 12.6. The summed E-state index contributed by atoms with van der Waals surface area (Å²) < 4.78 is 3.46. The number of pyridine rings is 2. The Hall–Kier alpha value is -4.49. The molecule has 0 amide bonds. The van der Waals surface area contributed by atoms with Crippen LogP contribution in [-0.4, -0.2) is 19.1 Å². The molecule has 0 aliphatic heterocycles. The molecule has 0 bridgehead atoms. The molecule has 0 aliphatic rings. The van der Waals surface area contributed by atoms with Crippen LogP contribution in [0.5, 0.6) is 0 Å². The molecule has 7 heteroatoms. The molecular formula is C23H16N6O. The normalized spacial score (nSPS) is 10.3. The van der Waals surface area contributed by atoms with Gasteiger partial charge in [0, 0.05) is 43.3 Å². The Morgan fingerprint density at radius 1 is 0.867 bits per heavy atom. The molecule has 0 spiro atoms. The lowest BCUT2D eigenvalue weighted by Crippen LogP contribution is -2.18. The van der Waals surface area contributed by atoms with E-state index in [4.69, 9.17) is 10.5 Å².